The summed E-state index contributed by atoms with van der Waals surface area (Å²) in [6.07, 6.45) is 3.55. The minimum atomic E-state index is -0.425. The van der Waals surface area contributed by atoms with Crippen molar-refractivity contribution in [1.29, 1.82) is 0 Å². The van der Waals surface area contributed by atoms with Gasteiger partial charge >= 0.3 is 0 Å². The highest BCUT2D eigenvalue weighted by atomic mass is 79.9. The Labute approximate surface area is 192 Å². The molecule has 1 atom stereocenters. The fourth-order valence-corrected chi connectivity index (χ4v) is 3.71. The van der Waals surface area contributed by atoms with Gasteiger partial charge in [0.25, 0.3) is 0 Å². The molecule has 0 spiro atoms. The number of rotatable bonds is 5. The van der Waals surface area contributed by atoms with Crippen LogP contribution in [-0.4, -0.2) is 19.9 Å². The standard InChI is InChI=1S/C23H18FN5O2.BrH/c1-2-16(29-23-19-22(26-11-25-19)27-12-28-23)21-18(13-6-5-7-14(24)10-13)20(30)15-8-3-4-9-17(15)31-21;/h3-12,16H,2H2,1H3,(H2,25,26,27,28,29);1H/t16-;/m0./s1. The Kier molecular flexibility index (Phi) is 6.00. The maximum atomic E-state index is 14.0. The monoisotopic (exact) mass is 495 g/mol. The quantitative estimate of drug-likeness (QED) is 0.338. The Morgan fingerprint density at radius 2 is 1.97 bits per heavy atom. The van der Waals surface area contributed by atoms with Crippen molar-refractivity contribution in [2.24, 2.45) is 0 Å². The predicted molar refractivity (Wildman–Crippen MR) is 127 cm³/mol. The minimum Gasteiger partial charge on any atom is -0.458 e. The smallest absolute Gasteiger partial charge is 0.200 e. The molecule has 0 amide bonds. The SMILES string of the molecule is Br.CC[C@H](Nc1ncnc2[nH]cnc12)c1oc2ccccc2c(=O)c1-c1cccc(F)c1. The van der Waals surface area contributed by atoms with E-state index in [9.17, 15) is 9.18 Å². The molecule has 0 bridgehead atoms. The number of hydrogen-bond donors (Lipinski definition) is 2. The number of hydrogen-bond acceptors (Lipinski definition) is 6. The molecule has 9 heteroatoms. The van der Waals surface area contributed by atoms with Crippen molar-refractivity contribution >= 4 is 44.9 Å². The van der Waals surface area contributed by atoms with Crippen molar-refractivity contribution in [2.75, 3.05) is 5.32 Å². The van der Waals surface area contributed by atoms with Crippen molar-refractivity contribution in [3.8, 4) is 11.1 Å². The van der Waals surface area contributed by atoms with Crippen LogP contribution >= 0.6 is 17.0 Å². The van der Waals surface area contributed by atoms with E-state index in [-0.39, 0.29) is 22.4 Å². The Balaban J connectivity index is 0.00000245. The lowest BCUT2D eigenvalue weighted by Crippen LogP contribution is -2.17. The van der Waals surface area contributed by atoms with Crippen LogP contribution in [0.15, 0.2) is 70.4 Å². The van der Waals surface area contributed by atoms with Crippen LogP contribution in [0, 0.1) is 5.82 Å². The molecule has 5 rings (SSSR count). The van der Waals surface area contributed by atoms with Crippen molar-refractivity contribution in [2.45, 2.75) is 19.4 Å². The third kappa shape index (κ3) is 3.75. The molecule has 0 aliphatic carbocycles. The first-order valence-electron chi connectivity index (χ1n) is 9.88. The van der Waals surface area contributed by atoms with Crippen LogP contribution in [0.4, 0.5) is 10.2 Å². The fourth-order valence-electron chi connectivity index (χ4n) is 3.71. The number of benzene rings is 2. The van der Waals surface area contributed by atoms with Gasteiger partial charge < -0.3 is 14.7 Å². The molecule has 5 aromatic rings. The van der Waals surface area contributed by atoms with E-state index in [4.69, 9.17) is 4.42 Å². The Morgan fingerprint density at radius 3 is 2.78 bits per heavy atom. The van der Waals surface area contributed by atoms with Gasteiger partial charge in [-0.3, -0.25) is 4.79 Å². The van der Waals surface area contributed by atoms with Crippen molar-refractivity contribution < 1.29 is 8.81 Å². The second-order valence-electron chi connectivity index (χ2n) is 7.10. The van der Waals surface area contributed by atoms with Crippen LogP contribution in [-0.2, 0) is 0 Å². The summed E-state index contributed by atoms with van der Waals surface area (Å²) in [6, 6.07) is 12.6. The Morgan fingerprint density at radius 1 is 1.12 bits per heavy atom. The van der Waals surface area contributed by atoms with Crippen LogP contribution < -0.4 is 10.7 Å². The van der Waals surface area contributed by atoms with Gasteiger partial charge in [0.2, 0.25) is 5.43 Å². The third-order valence-corrected chi connectivity index (χ3v) is 5.19. The number of para-hydroxylation sites is 1. The highest BCUT2D eigenvalue weighted by molar-refractivity contribution is 8.93. The molecule has 0 aliphatic rings. The molecule has 0 fully saturated rings. The van der Waals surface area contributed by atoms with E-state index in [1.165, 1.54) is 18.5 Å². The topological polar surface area (TPSA) is 96.7 Å². The Hall–Kier alpha value is -3.59. The zero-order chi connectivity index (χ0) is 21.4. The number of H-pyrrole nitrogens is 1. The molecule has 3 heterocycles. The number of halogens is 2. The average Bonchev–Trinajstić information content (AvgIpc) is 3.27. The normalized spacial score (nSPS) is 11.9. The molecule has 0 radical (unpaired) electrons. The summed E-state index contributed by atoms with van der Waals surface area (Å²) in [6.45, 7) is 1.96. The summed E-state index contributed by atoms with van der Waals surface area (Å²) in [5.74, 6) is 0.504. The second kappa shape index (κ2) is 8.88. The van der Waals surface area contributed by atoms with E-state index >= 15 is 0 Å². The summed E-state index contributed by atoms with van der Waals surface area (Å²) in [5.41, 5.74) is 2.21. The number of fused-ring (bicyclic) bond motifs is 2. The van der Waals surface area contributed by atoms with Gasteiger partial charge in [0.1, 0.15) is 29.0 Å². The van der Waals surface area contributed by atoms with Crippen molar-refractivity contribution in [3.05, 3.63) is 83.0 Å². The zero-order valence-corrected chi connectivity index (χ0v) is 18.7. The molecule has 162 valence electrons. The van der Waals surface area contributed by atoms with Crippen molar-refractivity contribution in [3.63, 3.8) is 0 Å². The van der Waals surface area contributed by atoms with Gasteiger partial charge in [0.15, 0.2) is 11.5 Å². The number of aromatic amines is 1. The highest BCUT2D eigenvalue weighted by Crippen LogP contribution is 2.33. The summed E-state index contributed by atoms with van der Waals surface area (Å²) < 4.78 is 20.3. The van der Waals surface area contributed by atoms with E-state index in [0.717, 1.165) is 0 Å². The molecule has 0 saturated carbocycles. The summed E-state index contributed by atoms with van der Waals surface area (Å²) in [7, 11) is 0. The van der Waals surface area contributed by atoms with Crippen LogP contribution in [0.3, 0.4) is 0 Å². The van der Waals surface area contributed by atoms with Gasteiger partial charge in [-0.25, -0.2) is 19.3 Å². The molecular formula is C23H19BrFN5O2. The summed E-state index contributed by atoms with van der Waals surface area (Å²) >= 11 is 0. The second-order valence-corrected chi connectivity index (χ2v) is 7.10. The fraction of sp³-hybridized carbons (Fsp3) is 0.130. The zero-order valence-electron chi connectivity index (χ0n) is 17.0. The largest absolute Gasteiger partial charge is 0.458 e. The molecule has 7 nitrogen and oxygen atoms in total. The Bertz CT molecular complexity index is 1470. The average molecular weight is 496 g/mol. The molecule has 3 aromatic heterocycles. The molecule has 2 aromatic carbocycles. The number of imidazole rings is 1. The van der Waals surface area contributed by atoms with E-state index in [1.54, 1.807) is 36.7 Å². The maximum absolute atomic E-state index is 14.0. The first-order chi connectivity index (χ1) is 15.2. The van der Waals surface area contributed by atoms with Crippen LogP contribution in [0.5, 0.6) is 0 Å². The number of nitrogens with zero attached hydrogens (tertiary/aromatic N) is 3. The molecule has 0 saturated heterocycles. The van der Waals surface area contributed by atoms with Crippen LogP contribution in [0.25, 0.3) is 33.3 Å². The first-order valence-corrected chi connectivity index (χ1v) is 9.88. The van der Waals surface area contributed by atoms with Crippen LogP contribution in [0.1, 0.15) is 25.1 Å². The van der Waals surface area contributed by atoms with Gasteiger partial charge in [-0.05, 0) is 36.2 Å². The minimum absolute atomic E-state index is 0. The van der Waals surface area contributed by atoms with Crippen molar-refractivity contribution in [1.82, 2.24) is 19.9 Å². The van der Waals surface area contributed by atoms with Gasteiger partial charge in [-0.15, -0.1) is 17.0 Å². The molecule has 2 N–H and O–H groups in total. The summed E-state index contributed by atoms with van der Waals surface area (Å²) in [5, 5.41) is 3.77. The number of aromatic nitrogens is 4. The molecular weight excluding hydrogens is 477 g/mol. The lowest BCUT2D eigenvalue weighted by atomic mass is 9.97. The van der Waals surface area contributed by atoms with Gasteiger partial charge in [-0.2, -0.15) is 0 Å². The molecule has 32 heavy (non-hydrogen) atoms. The van der Waals surface area contributed by atoms with Gasteiger partial charge in [0.05, 0.1) is 23.3 Å². The van der Waals surface area contributed by atoms with Gasteiger partial charge in [-0.1, -0.05) is 31.2 Å². The number of anilines is 1. The molecule has 0 aliphatic heterocycles. The van der Waals surface area contributed by atoms with E-state index in [2.05, 4.69) is 25.3 Å². The first kappa shape index (κ1) is 21.6. The number of nitrogens with one attached hydrogen (secondary N) is 2. The van der Waals surface area contributed by atoms with Crippen LogP contribution in [0.2, 0.25) is 0 Å². The predicted octanol–water partition coefficient (Wildman–Crippen LogP) is 5.41. The maximum Gasteiger partial charge on any atom is 0.200 e. The lowest BCUT2D eigenvalue weighted by Gasteiger charge is -2.20. The van der Waals surface area contributed by atoms with E-state index in [0.29, 0.717) is 51.3 Å². The third-order valence-electron chi connectivity index (χ3n) is 5.19. The molecule has 0 unspecified atom stereocenters. The highest BCUT2D eigenvalue weighted by Gasteiger charge is 2.24. The van der Waals surface area contributed by atoms with Gasteiger partial charge in [0, 0.05) is 0 Å². The lowest BCUT2D eigenvalue weighted by molar-refractivity contribution is 0.495. The summed E-state index contributed by atoms with van der Waals surface area (Å²) in [4.78, 5) is 29.1. The van der Waals surface area contributed by atoms with E-state index in [1.807, 2.05) is 13.0 Å². The van der Waals surface area contributed by atoms with E-state index < -0.39 is 11.9 Å².